The van der Waals surface area contributed by atoms with Crippen molar-refractivity contribution in [2.24, 2.45) is 34.0 Å². The van der Waals surface area contributed by atoms with Crippen molar-refractivity contribution < 1.29 is 53.4 Å². The number of guanidine groups is 1. The van der Waals surface area contributed by atoms with Gasteiger partial charge in [0.25, 0.3) is 0 Å². The molecular weight excluding hydrogens is 889 g/mol. The summed E-state index contributed by atoms with van der Waals surface area (Å²) in [7, 11) is 0. The molecule has 0 bridgehead atoms. The van der Waals surface area contributed by atoms with Crippen molar-refractivity contribution in [3.05, 3.63) is 18.2 Å². The third-order valence-electron chi connectivity index (χ3n) is 12.0. The van der Waals surface area contributed by atoms with Crippen molar-refractivity contribution in [2.45, 2.75) is 154 Å². The summed E-state index contributed by atoms with van der Waals surface area (Å²) in [5.41, 5.74) is 17.3. The lowest BCUT2D eigenvalue weighted by atomic mass is 9.97. The number of imidazole rings is 1. The third kappa shape index (κ3) is 16.7. The number of carboxylic acid groups (broad SMARTS) is 1. The number of nitrogens with two attached hydrogens (primary N) is 3. The molecule has 25 nitrogen and oxygen atoms in total. The summed E-state index contributed by atoms with van der Waals surface area (Å²) in [5, 5.41) is 35.0. The average Bonchev–Trinajstić information content (AvgIpc) is 4.10. The smallest absolute Gasteiger partial charge is 0.326 e. The quantitative estimate of drug-likeness (QED) is 0.0243. The lowest BCUT2D eigenvalue weighted by Crippen LogP contribution is -2.60. The van der Waals surface area contributed by atoms with Gasteiger partial charge in [0.15, 0.2) is 5.96 Å². The topological polar surface area (TPSA) is 392 Å². The summed E-state index contributed by atoms with van der Waals surface area (Å²) >= 11 is 0. The summed E-state index contributed by atoms with van der Waals surface area (Å²) in [6, 6.07) is -9.30. The van der Waals surface area contributed by atoms with E-state index in [2.05, 4.69) is 46.9 Å². The Morgan fingerprint density at radius 3 is 1.99 bits per heavy atom. The highest BCUT2D eigenvalue weighted by Crippen LogP contribution is 2.22. The number of hydrogen-bond donors (Lipinski definition) is 12. The van der Waals surface area contributed by atoms with E-state index in [1.165, 1.54) is 36.2 Å². The van der Waals surface area contributed by atoms with Crippen LogP contribution in [0.4, 0.5) is 0 Å². The third-order valence-corrected chi connectivity index (χ3v) is 12.0. The van der Waals surface area contributed by atoms with E-state index in [9.17, 15) is 53.4 Å². The first-order valence-corrected chi connectivity index (χ1v) is 23.1. The number of aromatic nitrogens is 2. The predicted octanol–water partition coefficient (Wildman–Crippen LogP) is -3.57. The number of aromatic amines is 1. The number of carboxylic acids is 1. The Morgan fingerprint density at radius 2 is 1.44 bits per heavy atom. The molecule has 8 amide bonds. The maximum atomic E-state index is 14.3. The minimum atomic E-state index is -1.27. The van der Waals surface area contributed by atoms with Gasteiger partial charge in [-0.05, 0) is 70.6 Å². The molecule has 2 aliphatic heterocycles. The van der Waals surface area contributed by atoms with Gasteiger partial charge in [-0.3, -0.25) is 43.3 Å². The van der Waals surface area contributed by atoms with Crippen molar-refractivity contribution in [1.29, 1.82) is 0 Å². The summed E-state index contributed by atoms with van der Waals surface area (Å²) in [6.45, 7) is 9.75. The molecule has 0 aliphatic carbocycles. The van der Waals surface area contributed by atoms with Crippen LogP contribution in [0.1, 0.15) is 98.6 Å². The first-order chi connectivity index (χ1) is 32.0. The van der Waals surface area contributed by atoms with Crippen LogP contribution in [0.15, 0.2) is 17.5 Å². The zero-order chi connectivity index (χ0) is 50.8. The van der Waals surface area contributed by atoms with E-state index in [0.29, 0.717) is 31.4 Å². The second-order valence-electron chi connectivity index (χ2n) is 17.9. The summed E-state index contributed by atoms with van der Waals surface area (Å²) in [4.78, 5) is 134. The highest BCUT2D eigenvalue weighted by atomic mass is 16.4. The fraction of sp³-hybridized carbons (Fsp3) is 0.698. The molecule has 10 atom stereocenters. The number of aliphatic imine (C=N–C) groups is 1. The molecule has 2 saturated heterocycles. The van der Waals surface area contributed by atoms with Crippen molar-refractivity contribution in [1.82, 2.24) is 51.7 Å². The fourth-order valence-corrected chi connectivity index (χ4v) is 7.90. The molecule has 0 spiro atoms. The maximum absolute atomic E-state index is 14.3. The maximum Gasteiger partial charge on any atom is 0.326 e. The summed E-state index contributed by atoms with van der Waals surface area (Å²) in [5.74, 6) is -7.38. The SMILES string of the molecule is CC[C@H](C)[C@H](NC(=O)[C@H](CCCN=C(N)N)NC(=O)[C@H](C)NC(=O)[C@@H]1CCCN1C(=O)[C@H](Cc1cnc[nH]1)NC(=O)[C@@H]1CCCN1C(=O)[C@@H](N)[C@@H](C)O)C(=O)NCC(=O)N[C@@H](CC(C)C)C(=O)O. The number of rotatable bonds is 26. The number of H-pyrrole nitrogens is 1. The highest BCUT2D eigenvalue weighted by Gasteiger charge is 2.42. The minimum Gasteiger partial charge on any atom is -0.480 e. The van der Waals surface area contributed by atoms with Crippen LogP contribution in [0.2, 0.25) is 0 Å². The molecule has 3 heterocycles. The van der Waals surface area contributed by atoms with Crippen molar-refractivity contribution >= 4 is 59.2 Å². The Bertz CT molecular complexity index is 1940. The Balaban J connectivity index is 1.74. The molecule has 2 aliphatic rings. The van der Waals surface area contributed by atoms with Crippen molar-refractivity contribution in [3.63, 3.8) is 0 Å². The van der Waals surface area contributed by atoms with E-state index < -0.39 is 120 Å². The highest BCUT2D eigenvalue weighted by molar-refractivity contribution is 5.98. The molecule has 0 radical (unpaired) electrons. The van der Waals surface area contributed by atoms with E-state index in [-0.39, 0.29) is 63.6 Å². The van der Waals surface area contributed by atoms with Gasteiger partial charge in [0.1, 0.15) is 48.3 Å². The van der Waals surface area contributed by atoms with E-state index in [4.69, 9.17) is 17.2 Å². The van der Waals surface area contributed by atoms with Gasteiger partial charge in [-0.2, -0.15) is 0 Å². The molecule has 0 saturated carbocycles. The number of likely N-dealkylation sites (tertiary alicyclic amines) is 2. The largest absolute Gasteiger partial charge is 0.480 e. The van der Waals surface area contributed by atoms with Crippen LogP contribution >= 0.6 is 0 Å². The number of carbonyl (C=O) groups excluding carboxylic acids is 8. The van der Waals surface area contributed by atoms with Crippen molar-refractivity contribution in [2.75, 3.05) is 26.2 Å². The first-order valence-electron chi connectivity index (χ1n) is 23.1. The molecule has 1 aromatic rings. The number of nitrogens with zero attached hydrogens (tertiary/aromatic N) is 4. The van der Waals surface area contributed by atoms with Gasteiger partial charge in [0.2, 0.25) is 47.3 Å². The van der Waals surface area contributed by atoms with Crippen LogP contribution in [0, 0.1) is 11.8 Å². The van der Waals surface area contributed by atoms with Crippen LogP contribution < -0.4 is 49.1 Å². The van der Waals surface area contributed by atoms with Gasteiger partial charge >= 0.3 is 5.97 Å². The second-order valence-corrected chi connectivity index (χ2v) is 17.9. The van der Waals surface area contributed by atoms with Gasteiger partial charge < -0.3 is 74.1 Å². The molecule has 2 fully saturated rings. The summed E-state index contributed by atoms with van der Waals surface area (Å²) < 4.78 is 0. The number of amides is 8. The molecule has 0 unspecified atom stereocenters. The number of hydrogen-bond acceptors (Lipinski definition) is 13. The standard InChI is InChI=1S/C43H72N14O11/c1-7-23(4)34(39(64)49-20-32(59)52-29(42(67)68)17-22(2)3)55-36(61)27(11-8-14-48-43(45)46)53-35(60)24(5)51-37(62)30-12-9-15-56(30)40(65)28(18-26-19-47-21-50-26)54-38(63)31-13-10-16-57(31)41(66)33(44)25(6)58/h19,21-25,27-31,33-34,58H,7-18,20,44H2,1-6H3,(H,47,50)(H,49,64)(H,51,62)(H,52,59)(H,53,60)(H,54,63)(H,55,61)(H,67,68)(H4,45,46,48)/t23-,24-,25+,27-,28-,29-,30-,31-,33-,34-/m0/s1. The van der Waals surface area contributed by atoms with E-state index in [1.54, 1.807) is 27.7 Å². The molecule has 0 aromatic carbocycles. The number of carbonyl (C=O) groups is 9. The Hall–Kier alpha value is -6.37. The van der Waals surface area contributed by atoms with Gasteiger partial charge in [0.05, 0.1) is 19.0 Å². The predicted molar refractivity (Wildman–Crippen MR) is 246 cm³/mol. The minimum absolute atomic E-state index is 0.00676. The number of aliphatic hydroxyl groups excluding tert-OH is 1. The second kappa shape index (κ2) is 26.8. The molecule has 3 rings (SSSR count). The van der Waals surface area contributed by atoms with Gasteiger partial charge in [-0.25, -0.2) is 9.78 Å². The lowest BCUT2D eigenvalue weighted by molar-refractivity contribution is -0.144. The van der Waals surface area contributed by atoms with Gasteiger partial charge in [0, 0.05) is 37.9 Å². The molecule has 25 heteroatoms. The van der Waals surface area contributed by atoms with E-state index >= 15 is 0 Å². The Labute approximate surface area is 395 Å². The molecular formula is C43H72N14O11. The lowest BCUT2D eigenvalue weighted by Gasteiger charge is -2.31. The van der Waals surface area contributed by atoms with Crippen LogP contribution in [-0.2, 0) is 49.6 Å². The number of nitrogens with one attached hydrogen (secondary N) is 7. The zero-order valence-electron chi connectivity index (χ0n) is 39.8. The van der Waals surface area contributed by atoms with E-state index in [0.717, 1.165) is 0 Å². The molecule has 380 valence electrons. The Kier molecular flexibility index (Phi) is 22.1. The van der Waals surface area contributed by atoms with Crippen LogP contribution in [0.3, 0.4) is 0 Å². The monoisotopic (exact) mass is 961 g/mol. The molecule has 1 aromatic heterocycles. The fourth-order valence-electron chi connectivity index (χ4n) is 7.90. The van der Waals surface area contributed by atoms with Crippen molar-refractivity contribution in [3.8, 4) is 0 Å². The molecule has 15 N–H and O–H groups in total. The van der Waals surface area contributed by atoms with Gasteiger partial charge in [-0.15, -0.1) is 0 Å². The Morgan fingerprint density at radius 1 is 0.824 bits per heavy atom. The molecule has 68 heavy (non-hydrogen) atoms. The van der Waals surface area contributed by atoms with Crippen LogP contribution in [0.5, 0.6) is 0 Å². The van der Waals surface area contributed by atoms with Gasteiger partial charge in [-0.1, -0.05) is 34.1 Å². The van der Waals surface area contributed by atoms with Crippen LogP contribution in [-0.4, -0.2) is 170 Å². The average molecular weight is 961 g/mol. The number of aliphatic carboxylic acids is 1. The number of aliphatic hydroxyl groups is 1. The van der Waals surface area contributed by atoms with Crippen LogP contribution in [0.25, 0.3) is 0 Å². The zero-order valence-corrected chi connectivity index (χ0v) is 39.8. The normalized spacial score (nSPS) is 19.2. The first kappa shape index (κ1) is 56.0. The summed E-state index contributed by atoms with van der Waals surface area (Å²) in [6.07, 6.45) is 3.93. The van der Waals surface area contributed by atoms with E-state index in [1.807, 2.05) is 0 Å².